The molecule has 0 aliphatic rings. The van der Waals surface area contributed by atoms with E-state index in [0.717, 1.165) is 5.70 Å². The van der Waals surface area contributed by atoms with Crippen molar-refractivity contribution in [3.63, 3.8) is 0 Å². The highest BCUT2D eigenvalue weighted by Crippen LogP contribution is 2.04. The lowest BCUT2D eigenvalue weighted by atomic mass is 10.4. The number of thiol groups is 1. The molecule has 0 spiro atoms. The number of hydrogen-bond acceptors (Lipinski definition) is 2. The number of rotatable bonds is 3. The SMILES string of the molecule is C=C/C=C(\C=C/S)n1cccn1.CC. The van der Waals surface area contributed by atoms with E-state index in [-0.39, 0.29) is 0 Å². The zero-order valence-electron chi connectivity index (χ0n) is 8.59. The van der Waals surface area contributed by atoms with Crippen molar-refractivity contribution in [2.75, 3.05) is 0 Å². The van der Waals surface area contributed by atoms with Gasteiger partial charge in [0.15, 0.2) is 0 Å². The van der Waals surface area contributed by atoms with E-state index < -0.39 is 0 Å². The minimum atomic E-state index is 0.935. The summed E-state index contributed by atoms with van der Waals surface area (Å²) in [6.45, 7) is 7.62. The Hall–Kier alpha value is -1.22. The van der Waals surface area contributed by atoms with Crippen LogP contribution in [0.25, 0.3) is 5.70 Å². The molecule has 1 aromatic heterocycles. The third kappa shape index (κ3) is 4.14. The van der Waals surface area contributed by atoms with Crippen molar-refractivity contribution in [3.05, 3.63) is 48.7 Å². The molecular formula is C11H16N2S. The molecule has 0 fully saturated rings. The van der Waals surface area contributed by atoms with Gasteiger partial charge in [-0.1, -0.05) is 26.5 Å². The van der Waals surface area contributed by atoms with Crippen LogP contribution >= 0.6 is 12.6 Å². The van der Waals surface area contributed by atoms with Gasteiger partial charge in [-0.05, 0) is 23.6 Å². The van der Waals surface area contributed by atoms with Gasteiger partial charge in [-0.15, -0.1) is 0 Å². The molecule has 1 aromatic rings. The Balaban J connectivity index is 0.000000791. The maximum atomic E-state index is 4.07. The predicted octanol–water partition coefficient (Wildman–Crippen LogP) is 3.38. The van der Waals surface area contributed by atoms with Crippen molar-refractivity contribution in [2.24, 2.45) is 0 Å². The second-order valence-electron chi connectivity index (χ2n) is 2.09. The van der Waals surface area contributed by atoms with E-state index in [0.29, 0.717) is 0 Å². The Morgan fingerprint density at radius 1 is 1.50 bits per heavy atom. The molecule has 0 radical (unpaired) electrons. The van der Waals surface area contributed by atoms with Crippen LogP contribution in [0, 0.1) is 0 Å². The smallest absolute Gasteiger partial charge is 0.0650 e. The molecule has 0 amide bonds. The van der Waals surface area contributed by atoms with Gasteiger partial charge in [0.25, 0.3) is 0 Å². The zero-order chi connectivity index (χ0) is 10.8. The van der Waals surface area contributed by atoms with Gasteiger partial charge < -0.3 is 0 Å². The molecule has 1 heterocycles. The molecule has 0 N–H and O–H groups in total. The van der Waals surface area contributed by atoms with Gasteiger partial charge in [0.1, 0.15) is 0 Å². The Labute approximate surface area is 91.1 Å². The van der Waals surface area contributed by atoms with Crippen LogP contribution < -0.4 is 0 Å². The van der Waals surface area contributed by atoms with Crippen molar-refractivity contribution < 1.29 is 0 Å². The number of allylic oxidation sites excluding steroid dienone is 4. The van der Waals surface area contributed by atoms with Crippen LogP contribution in [0.4, 0.5) is 0 Å². The molecule has 0 aliphatic heterocycles. The standard InChI is InChI=1S/C9H10N2S.C2H6/c1-2-4-9(5-8-12)11-7-3-6-10-11;1-2/h2-8,12H,1H2;1-2H3/b8-5-,9-4+;. The fourth-order valence-electron chi connectivity index (χ4n) is 0.827. The normalized spacial score (nSPS) is 10.9. The van der Waals surface area contributed by atoms with E-state index in [1.54, 1.807) is 22.4 Å². The molecule has 76 valence electrons. The van der Waals surface area contributed by atoms with E-state index in [9.17, 15) is 0 Å². The van der Waals surface area contributed by atoms with E-state index in [1.165, 1.54) is 0 Å². The Morgan fingerprint density at radius 2 is 2.21 bits per heavy atom. The van der Waals surface area contributed by atoms with Crippen LogP contribution in [0.1, 0.15) is 13.8 Å². The predicted molar refractivity (Wildman–Crippen MR) is 66.2 cm³/mol. The lowest BCUT2D eigenvalue weighted by Crippen LogP contribution is -1.93. The number of nitrogens with zero attached hydrogens (tertiary/aromatic N) is 2. The van der Waals surface area contributed by atoms with Crippen LogP contribution in [-0.4, -0.2) is 9.78 Å². The Kier molecular flexibility index (Phi) is 7.65. The lowest BCUT2D eigenvalue weighted by molar-refractivity contribution is 0.910. The van der Waals surface area contributed by atoms with Crippen molar-refractivity contribution in [1.82, 2.24) is 9.78 Å². The summed E-state index contributed by atoms with van der Waals surface area (Å²) in [6, 6.07) is 1.86. The molecule has 0 aromatic carbocycles. The maximum Gasteiger partial charge on any atom is 0.0650 e. The van der Waals surface area contributed by atoms with Crippen molar-refractivity contribution in [2.45, 2.75) is 13.8 Å². The van der Waals surface area contributed by atoms with Crippen LogP contribution in [0.15, 0.2) is 48.7 Å². The molecule has 0 unspecified atom stereocenters. The van der Waals surface area contributed by atoms with Gasteiger partial charge in [-0.3, -0.25) is 0 Å². The first-order chi connectivity index (χ1) is 6.88. The Morgan fingerprint density at radius 3 is 2.64 bits per heavy atom. The van der Waals surface area contributed by atoms with Gasteiger partial charge in [-0.25, -0.2) is 4.68 Å². The molecule has 3 heteroatoms. The van der Waals surface area contributed by atoms with Gasteiger partial charge in [0.05, 0.1) is 5.70 Å². The number of aromatic nitrogens is 2. The van der Waals surface area contributed by atoms with Gasteiger partial charge >= 0.3 is 0 Å². The highest BCUT2D eigenvalue weighted by Gasteiger charge is 1.92. The molecule has 0 saturated carbocycles. The third-order valence-electron chi connectivity index (χ3n) is 1.30. The van der Waals surface area contributed by atoms with Crippen LogP contribution in [-0.2, 0) is 0 Å². The van der Waals surface area contributed by atoms with E-state index in [4.69, 9.17) is 0 Å². The summed E-state index contributed by atoms with van der Waals surface area (Å²) in [5.41, 5.74) is 0.935. The summed E-state index contributed by atoms with van der Waals surface area (Å²) in [7, 11) is 0. The van der Waals surface area contributed by atoms with Crippen molar-refractivity contribution >= 4 is 18.3 Å². The minimum absolute atomic E-state index is 0.935. The zero-order valence-corrected chi connectivity index (χ0v) is 9.48. The molecule has 0 saturated heterocycles. The largest absolute Gasteiger partial charge is 0.241 e. The minimum Gasteiger partial charge on any atom is -0.241 e. The molecule has 2 nitrogen and oxygen atoms in total. The molecule has 0 atom stereocenters. The molecule has 0 bridgehead atoms. The Bertz CT molecular complexity index is 297. The first kappa shape index (κ1) is 12.8. The summed E-state index contributed by atoms with van der Waals surface area (Å²) in [6.07, 6.45) is 9.01. The highest BCUT2D eigenvalue weighted by molar-refractivity contribution is 7.83. The first-order valence-corrected chi connectivity index (χ1v) is 5.03. The average molecular weight is 208 g/mol. The highest BCUT2D eigenvalue weighted by atomic mass is 32.1. The van der Waals surface area contributed by atoms with Crippen LogP contribution in [0.3, 0.4) is 0 Å². The second-order valence-corrected chi connectivity index (χ2v) is 2.39. The molecule has 14 heavy (non-hydrogen) atoms. The summed E-state index contributed by atoms with van der Waals surface area (Å²) >= 11 is 3.99. The van der Waals surface area contributed by atoms with E-state index in [1.807, 2.05) is 38.3 Å². The fourth-order valence-corrected chi connectivity index (χ4v) is 0.980. The number of hydrogen-bond donors (Lipinski definition) is 1. The summed E-state index contributed by atoms with van der Waals surface area (Å²) < 4.78 is 1.74. The molecular weight excluding hydrogens is 192 g/mol. The van der Waals surface area contributed by atoms with Crippen molar-refractivity contribution in [3.8, 4) is 0 Å². The monoisotopic (exact) mass is 208 g/mol. The summed E-state index contributed by atoms with van der Waals surface area (Å²) in [5, 5.41) is 5.73. The summed E-state index contributed by atoms with van der Waals surface area (Å²) in [5.74, 6) is 0. The van der Waals surface area contributed by atoms with Crippen LogP contribution in [0.5, 0.6) is 0 Å². The first-order valence-electron chi connectivity index (χ1n) is 4.52. The lowest BCUT2D eigenvalue weighted by Gasteiger charge is -1.99. The quantitative estimate of drug-likeness (QED) is 0.595. The van der Waals surface area contributed by atoms with Gasteiger partial charge in [0, 0.05) is 12.4 Å². The topological polar surface area (TPSA) is 17.8 Å². The van der Waals surface area contributed by atoms with Crippen molar-refractivity contribution in [1.29, 1.82) is 0 Å². The molecule has 1 rings (SSSR count). The second kappa shape index (κ2) is 8.38. The van der Waals surface area contributed by atoms with E-state index >= 15 is 0 Å². The van der Waals surface area contributed by atoms with Gasteiger partial charge in [-0.2, -0.15) is 17.7 Å². The van der Waals surface area contributed by atoms with E-state index in [2.05, 4.69) is 24.3 Å². The maximum absolute atomic E-state index is 4.07. The third-order valence-corrected chi connectivity index (χ3v) is 1.45. The van der Waals surface area contributed by atoms with Crippen LogP contribution in [0.2, 0.25) is 0 Å². The molecule has 0 aliphatic carbocycles. The average Bonchev–Trinajstić information content (AvgIpc) is 2.73. The fraction of sp³-hybridized carbons (Fsp3) is 0.182. The summed E-state index contributed by atoms with van der Waals surface area (Å²) in [4.78, 5) is 0. The van der Waals surface area contributed by atoms with Gasteiger partial charge in [0.2, 0.25) is 0 Å².